The topological polar surface area (TPSA) is 92.7 Å². The summed E-state index contributed by atoms with van der Waals surface area (Å²) in [6, 6.07) is 9.33. The van der Waals surface area contributed by atoms with E-state index in [0.717, 1.165) is 5.69 Å². The Hall–Kier alpha value is -3.44. The number of halogens is 3. The van der Waals surface area contributed by atoms with E-state index >= 15 is 0 Å². The molecule has 2 aromatic heterocycles. The van der Waals surface area contributed by atoms with Gasteiger partial charge in [0.15, 0.2) is 5.65 Å². The Bertz CT molecular complexity index is 1010. The van der Waals surface area contributed by atoms with E-state index in [9.17, 15) is 23.3 Å². The number of piperazine rings is 1. The predicted molar refractivity (Wildman–Crippen MR) is 93.3 cm³/mol. The van der Waals surface area contributed by atoms with Crippen LogP contribution >= 0.6 is 0 Å². The number of anilines is 2. The van der Waals surface area contributed by atoms with Crippen molar-refractivity contribution in [1.29, 1.82) is 0 Å². The van der Waals surface area contributed by atoms with Crippen molar-refractivity contribution in [3.05, 3.63) is 52.3 Å². The fraction of sp³-hybridized carbons (Fsp3) is 0.312. The van der Waals surface area contributed by atoms with Crippen LogP contribution < -0.4 is 9.80 Å². The van der Waals surface area contributed by atoms with Gasteiger partial charge in [0.25, 0.3) is 11.5 Å². The van der Waals surface area contributed by atoms with E-state index in [0.29, 0.717) is 36.5 Å². The average molecular weight is 393 g/mol. The van der Waals surface area contributed by atoms with Crippen molar-refractivity contribution < 1.29 is 18.1 Å². The second-order valence-corrected chi connectivity index (χ2v) is 6.23. The van der Waals surface area contributed by atoms with Gasteiger partial charge in [-0.05, 0) is 24.3 Å². The standard InChI is InChI=1S/C16H14F3N7O2/c17-16(18,19)15-21-20-13-5-6-14(22-25(13)15)24-9-7-23(8-10-24)11-1-3-12(4-2-11)26(27)28/h1-6H,7-10H2. The van der Waals surface area contributed by atoms with E-state index in [2.05, 4.69) is 20.2 Å². The molecule has 4 rings (SSSR count). The number of non-ortho nitro benzene ring substituents is 1. The second kappa shape index (κ2) is 6.62. The molecule has 0 aliphatic carbocycles. The maximum atomic E-state index is 13.0. The zero-order valence-electron chi connectivity index (χ0n) is 14.4. The molecule has 12 heteroatoms. The monoisotopic (exact) mass is 393 g/mol. The molecule has 9 nitrogen and oxygen atoms in total. The fourth-order valence-electron chi connectivity index (χ4n) is 3.10. The van der Waals surface area contributed by atoms with Gasteiger partial charge >= 0.3 is 6.18 Å². The van der Waals surface area contributed by atoms with E-state index in [1.54, 1.807) is 18.2 Å². The van der Waals surface area contributed by atoms with Gasteiger partial charge in [0.05, 0.1) is 4.92 Å². The molecular weight excluding hydrogens is 379 g/mol. The normalized spacial score (nSPS) is 15.2. The van der Waals surface area contributed by atoms with Crippen LogP contribution in [0.4, 0.5) is 30.4 Å². The van der Waals surface area contributed by atoms with Crippen LogP contribution in [0.2, 0.25) is 0 Å². The van der Waals surface area contributed by atoms with E-state index in [-0.39, 0.29) is 11.3 Å². The van der Waals surface area contributed by atoms with Gasteiger partial charge in [0.1, 0.15) is 5.82 Å². The van der Waals surface area contributed by atoms with Crippen LogP contribution in [-0.4, -0.2) is 50.9 Å². The molecule has 0 atom stereocenters. The molecule has 146 valence electrons. The van der Waals surface area contributed by atoms with Gasteiger partial charge in [-0.25, -0.2) is 0 Å². The first-order valence-electron chi connectivity index (χ1n) is 8.37. The maximum absolute atomic E-state index is 13.0. The molecule has 1 aliphatic rings. The molecule has 0 bridgehead atoms. The summed E-state index contributed by atoms with van der Waals surface area (Å²) in [5.41, 5.74) is 0.904. The summed E-state index contributed by atoms with van der Waals surface area (Å²) in [5.74, 6) is -0.755. The number of nitro benzene ring substituents is 1. The van der Waals surface area contributed by atoms with E-state index in [4.69, 9.17) is 0 Å². The number of hydrogen-bond acceptors (Lipinski definition) is 7. The molecule has 0 saturated carbocycles. The Labute approximate surface area is 156 Å². The number of nitrogens with zero attached hydrogens (tertiary/aromatic N) is 7. The Balaban J connectivity index is 1.49. The Kier molecular flexibility index (Phi) is 4.24. The third-order valence-corrected chi connectivity index (χ3v) is 4.53. The fourth-order valence-corrected chi connectivity index (χ4v) is 3.10. The van der Waals surface area contributed by atoms with Crippen LogP contribution in [-0.2, 0) is 6.18 Å². The summed E-state index contributed by atoms with van der Waals surface area (Å²) >= 11 is 0. The number of benzene rings is 1. The minimum atomic E-state index is -4.64. The lowest BCUT2D eigenvalue weighted by atomic mass is 10.2. The van der Waals surface area contributed by atoms with Crippen molar-refractivity contribution in [2.75, 3.05) is 36.0 Å². The SMILES string of the molecule is O=[N+]([O-])c1ccc(N2CCN(c3ccc4nnc(C(F)(F)F)n4n3)CC2)cc1. The number of aromatic nitrogens is 4. The number of fused-ring (bicyclic) bond motifs is 1. The average Bonchev–Trinajstić information content (AvgIpc) is 3.12. The molecule has 1 aliphatic heterocycles. The van der Waals surface area contributed by atoms with Gasteiger partial charge in [-0.2, -0.15) is 17.7 Å². The Morgan fingerprint density at radius 1 is 0.929 bits per heavy atom. The zero-order valence-corrected chi connectivity index (χ0v) is 14.4. The van der Waals surface area contributed by atoms with Gasteiger partial charge in [-0.3, -0.25) is 10.1 Å². The van der Waals surface area contributed by atoms with Crippen LogP contribution in [0.5, 0.6) is 0 Å². The van der Waals surface area contributed by atoms with Gasteiger partial charge in [0.2, 0.25) is 0 Å². The maximum Gasteiger partial charge on any atom is 0.453 e. The zero-order chi connectivity index (χ0) is 19.9. The Morgan fingerprint density at radius 3 is 2.18 bits per heavy atom. The molecule has 3 aromatic rings. The number of rotatable bonds is 3. The third kappa shape index (κ3) is 3.28. The third-order valence-electron chi connectivity index (χ3n) is 4.53. The van der Waals surface area contributed by atoms with E-state index in [1.165, 1.54) is 18.2 Å². The first-order valence-corrected chi connectivity index (χ1v) is 8.37. The van der Waals surface area contributed by atoms with E-state index < -0.39 is 16.9 Å². The van der Waals surface area contributed by atoms with Gasteiger partial charge in [0, 0.05) is 44.0 Å². The summed E-state index contributed by atoms with van der Waals surface area (Å²) in [6.45, 7) is 2.29. The number of hydrogen-bond donors (Lipinski definition) is 0. The van der Waals surface area contributed by atoms with Crippen LogP contribution in [0.15, 0.2) is 36.4 Å². The smallest absolute Gasteiger partial charge is 0.368 e. The molecule has 0 spiro atoms. The van der Waals surface area contributed by atoms with Crippen molar-refractivity contribution in [2.45, 2.75) is 6.18 Å². The predicted octanol–water partition coefficient (Wildman–Crippen LogP) is 2.38. The summed E-state index contributed by atoms with van der Waals surface area (Å²) in [4.78, 5) is 14.2. The summed E-state index contributed by atoms with van der Waals surface area (Å²) in [7, 11) is 0. The minimum Gasteiger partial charge on any atom is -0.368 e. The van der Waals surface area contributed by atoms with Crippen molar-refractivity contribution in [3.8, 4) is 0 Å². The molecule has 1 aromatic carbocycles. The molecule has 28 heavy (non-hydrogen) atoms. The number of alkyl halides is 3. The molecule has 0 radical (unpaired) electrons. The molecule has 3 heterocycles. The van der Waals surface area contributed by atoms with Crippen LogP contribution in [0.1, 0.15) is 5.82 Å². The van der Waals surface area contributed by atoms with Gasteiger partial charge in [-0.1, -0.05) is 0 Å². The van der Waals surface area contributed by atoms with E-state index in [1.807, 2.05) is 4.90 Å². The quantitative estimate of drug-likeness (QED) is 0.498. The van der Waals surface area contributed by atoms with Crippen molar-refractivity contribution in [2.24, 2.45) is 0 Å². The molecule has 1 saturated heterocycles. The highest BCUT2D eigenvalue weighted by atomic mass is 19.4. The summed E-state index contributed by atoms with van der Waals surface area (Å²) in [6.07, 6.45) is -4.64. The second-order valence-electron chi connectivity index (χ2n) is 6.23. The largest absolute Gasteiger partial charge is 0.453 e. The molecule has 0 N–H and O–H groups in total. The lowest BCUT2D eigenvalue weighted by Crippen LogP contribution is -2.47. The van der Waals surface area contributed by atoms with Crippen molar-refractivity contribution in [1.82, 2.24) is 19.8 Å². The van der Waals surface area contributed by atoms with Crippen molar-refractivity contribution >= 4 is 22.8 Å². The molecule has 0 amide bonds. The highest BCUT2D eigenvalue weighted by Gasteiger charge is 2.37. The van der Waals surface area contributed by atoms with Crippen LogP contribution in [0.3, 0.4) is 0 Å². The first kappa shape index (κ1) is 17.9. The lowest BCUT2D eigenvalue weighted by Gasteiger charge is -2.36. The molecule has 1 fully saturated rings. The van der Waals surface area contributed by atoms with Gasteiger partial charge < -0.3 is 9.80 Å². The van der Waals surface area contributed by atoms with Crippen LogP contribution in [0.25, 0.3) is 5.65 Å². The summed E-state index contributed by atoms with van der Waals surface area (Å²) in [5, 5.41) is 21.5. The molecular formula is C16H14F3N7O2. The first-order chi connectivity index (χ1) is 13.3. The van der Waals surface area contributed by atoms with Crippen LogP contribution in [0, 0.1) is 10.1 Å². The summed E-state index contributed by atoms with van der Waals surface area (Å²) < 4.78 is 39.8. The van der Waals surface area contributed by atoms with Crippen molar-refractivity contribution in [3.63, 3.8) is 0 Å². The Morgan fingerprint density at radius 2 is 1.57 bits per heavy atom. The lowest BCUT2D eigenvalue weighted by molar-refractivity contribution is -0.384. The van der Waals surface area contributed by atoms with Gasteiger partial charge in [-0.15, -0.1) is 15.3 Å². The number of nitro groups is 1. The highest BCUT2D eigenvalue weighted by Crippen LogP contribution is 2.28. The minimum absolute atomic E-state index is 0.0225. The highest BCUT2D eigenvalue weighted by molar-refractivity contribution is 5.53. The molecule has 0 unspecified atom stereocenters.